The Balaban J connectivity index is 3.19. The van der Waals surface area contributed by atoms with Crippen LogP contribution >= 0.6 is 0 Å². The van der Waals surface area contributed by atoms with Crippen LogP contribution in [0.1, 0.15) is 36.1 Å². The van der Waals surface area contributed by atoms with Gasteiger partial charge in [-0.25, -0.2) is 0 Å². The van der Waals surface area contributed by atoms with E-state index in [1.165, 1.54) is 27.9 Å². The van der Waals surface area contributed by atoms with Crippen LogP contribution in [-0.2, 0) is 0 Å². The lowest BCUT2D eigenvalue weighted by molar-refractivity contribution is 0.895. The average Bonchev–Trinajstić information content (AvgIpc) is 2.10. The molecule has 1 aromatic rings. The maximum Gasteiger partial charge on any atom is 0.0377 e. The molecule has 0 aromatic heterocycles. The van der Waals surface area contributed by atoms with Gasteiger partial charge in [0.15, 0.2) is 0 Å². The summed E-state index contributed by atoms with van der Waals surface area (Å²) in [6.45, 7) is 13.1. The monoisotopic (exact) mass is 191 g/mol. The van der Waals surface area contributed by atoms with Crippen LogP contribution in [0, 0.1) is 27.7 Å². The molecule has 1 rings (SSSR count). The van der Waals surface area contributed by atoms with Crippen LogP contribution in [0.2, 0.25) is 0 Å². The van der Waals surface area contributed by atoms with Crippen molar-refractivity contribution in [3.63, 3.8) is 0 Å². The van der Waals surface area contributed by atoms with Gasteiger partial charge >= 0.3 is 0 Å². The fourth-order valence-corrected chi connectivity index (χ4v) is 1.67. The van der Waals surface area contributed by atoms with Gasteiger partial charge in [0.25, 0.3) is 0 Å². The third-order valence-electron chi connectivity index (χ3n) is 2.93. The van der Waals surface area contributed by atoms with Crippen molar-refractivity contribution in [2.75, 3.05) is 5.32 Å². The predicted octanol–water partition coefficient (Wildman–Crippen LogP) is 3.74. The molecular weight excluding hydrogens is 170 g/mol. The van der Waals surface area contributed by atoms with Crippen LogP contribution in [-0.4, -0.2) is 6.04 Å². The molecule has 1 N–H and O–H groups in total. The summed E-state index contributed by atoms with van der Waals surface area (Å²) in [5.74, 6) is 0. The zero-order chi connectivity index (χ0) is 10.9. The number of hydrogen-bond donors (Lipinski definition) is 1. The van der Waals surface area contributed by atoms with Gasteiger partial charge in [0, 0.05) is 11.7 Å². The van der Waals surface area contributed by atoms with Gasteiger partial charge in [-0.05, 0) is 69.9 Å². The van der Waals surface area contributed by atoms with Gasteiger partial charge in [-0.3, -0.25) is 0 Å². The van der Waals surface area contributed by atoms with E-state index >= 15 is 0 Å². The second-order valence-corrected chi connectivity index (χ2v) is 4.42. The van der Waals surface area contributed by atoms with Gasteiger partial charge < -0.3 is 5.32 Å². The maximum absolute atomic E-state index is 3.48. The summed E-state index contributed by atoms with van der Waals surface area (Å²) < 4.78 is 0. The van der Waals surface area contributed by atoms with Crippen molar-refractivity contribution in [2.45, 2.75) is 47.6 Å². The number of nitrogens with one attached hydrogen (secondary N) is 1. The van der Waals surface area contributed by atoms with E-state index < -0.39 is 0 Å². The van der Waals surface area contributed by atoms with Crippen LogP contribution < -0.4 is 5.32 Å². The zero-order valence-electron chi connectivity index (χ0n) is 10.2. The fourth-order valence-electron chi connectivity index (χ4n) is 1.67. The third kappa shape index (κ3) is 2.09. The molecule has 14 heavy (non-hydrogen) atoms. The van der Waals surface area contributed by atoms with Crippen molar-refractivity contribution in [3.8, 4) is 0 Å². The van der Waals surface area contributed by atoms with E-state index in [1.54, 1.807) is 0 Å². The highest BCUT2D eigenvalue weighted by Gasteiger charge is 2.07. The van der Waals surface area contributed by atoms with E-state index in [-0.39, 0.29) is 0 Å². The van der Waals surface area contributed by atoms with Gasteiger partial charge in [0.2, 0.25) is 0 Å². The fraction of sp³-hybridized carbons (Fsp3) is 0.538. The molecule has 0 fully saturated rings. The van der Waals surface area contributed by atoms with Crippen molar-refractivity contribution in [2.24, 2.45) is 0 Å². The van der Waals surface area contributed by atoms with Gasteiger partial charge in [-0.1, -0.05) is 0 Å². The highest BCUT2D eigenvalue weighted by molar-refractivity contribution is 5.59. The van der Waals surface area contributed by atoms with Crippen molar-refractivity contribution >= 4 is 5.69 Å². The summed E-state index contributed by atoms with van der Waals surface area (Å²) in [6, 6.07) is 2.74. The standard InChI is InChI=1S/C13H21N/c1-8(2)14-13-7-9(3)10(4)11(5)12(13)6/h7-8,14H,1-6H3. The van der Waals surface area contributed by atoms with Gasteiger partial charge in [0.05, 0.1) is 0 Å². The Morgan fingerprint density at radius 3 is 2.00 bits per heavy atom. The molecule has 0 aliphatic carbocycles. The number of benzene rings is 1. The van der Waals surface area contributed by atoms with Crippen LogP contribution in [0.5, 0.6) is 0 Å². The quantitative estimate of drug-likeness (QED) is 0.751. The van der Waals surface area contributed by atoms with E-state index in [0.717, 1.165) is 0 Å². The molecule has 0 bridgehead atoms. The predicted molar refractivity (Wildman–Crippen MR) is 64.1 cm³/mol. The first-order valence-corrected chi connectivity index (χ1v) is 5.27. The van der Waals surface area contributed by atoms with E-state index in [2.05, 4.69) is 52.9 Å². The number of rotatable bonds is 2. The molecule has 0 amide bonds. The summed E-state index contributed by atoms with van der Waals surface area (Å²) in [4.78, 5) is 0. The summed E-state index contributed by atoms with van der Waals surface area (Å²) in [6.07, 6.45) is 0. The number of anilines is 1. The highest BCUT2D eigenvalue weighted by atomic mass is 14.9. The Morgan fingerprint density at radius 1 is 0.929 bits per heavy atom. The first-order chi connectivity index (χ1) is 6.43. The molecule has 0 heterocycles. The summed E-state index contributed by atoms with van der Waals surface area (Å²) in [5.41, 5.74) is 6.85. The highest BCUT2D eigenvalue weighted by Crippen LogP contribution is 2.25. The summed E-state index contributed by atoms with van der Waals surface area (Å²) in [5, 5.41) is 3.48. The molecule has 0 atom stereocenters. The maximum atomic E-state index is 3.48. The van der Waals surface area contributed by atoms with Crippen LogP contribution in [0.25, 0.3) is 0 Å². The van der Waals surface area contributed by atoms with Crippen molar-refractivity contribution < 1.29 is 0 Å². The van der Waals surface area contributed by atoms with Crippen LogP contribution in [0.3, 0.4) is 0 Å². The lowest BCUT2D eigenvalue weighted by atomic mass is 9.97. The molecule has 0 saturated heterocycles. The average molecular weight is 191 g/mol. The first-order valence-electron chi connectivity index (χ1n) is 5.27. The topological polar surface area (TPSA) is 12.0 Å². The molecule has 0 aliphatic rings. The Labute approximate surface area is 87.5 Å². The molecular formula is C13H21N. The molecule has 0 spiro atoms. The van der Waals surface area contributed by atoms with E-state index in [0.29, 0.717) is 6.04 Å². The molecule has 0 unspecified atom stereocenters. The smallest absolute Gasteiger partial charge is 0.0377 e. The Bertz CT molecular complexity index is 338. The largest absolute Gasteiger partial charge is 0.383 e. The number of aryl methyl sites for hydroxylation is 1. The minimum absolute atomic E-state index is 0.496. The van der Waals surface area contributed by atoms with Gasteiger partial charge in [-0.15, -0.1) is 0 Å². The minimum atomic E-state index is 0.496. The molecule has 0 saturated carbocycles. The molecule has 1 heteroatoms. The zero-order valence-corrected chi connectivity index (χ0v) is 10.2. The Hall–Kier alpha value is -0.980. The summed E-state index contributed by atoms with van der Waals surface area (Å²) >= 11 is 0. The van der Waals surface area contributed by atoms with Crippen LogP contribution in [0.15, 0.2) is 6.07 Å². The molecule has 1 nitrogen and oxygen atoms in total. The Morgan fingerprint density at radius 2 is 1.50 bits per heavy atom. The minimum Gasteiger partial charge on any atom is -0.383 e. The molecule has 78 valence electrons. The molecule has 0 radical (unpaired) electrons. The first kappa shape index (κ1) is 11.1. The van der Waals surface area contributed by atoms with Crippen molar-refractivity contribution in [1.82, 2.24) is 0 Å². The Kier molecular flexibility index (Phi) is 3.20. The molecule has 0 aliphatic heterocycles. The van der Waals surface area contributed by atoms with Crippen molar-refractivity contribution in [1.29, 1.82) is 0 Å². The lowest BCUT2D eigenvalue weighted by Gasteiger charge is -2.17. The van der Waals surface area contributed by atoms with E-state index in [1.807, 2.05) is 0 Å². The second kappa shape index (κ2) is 4.04. The third-order valence-corrected chi connectivity index (χ3v) is 2.93. The van der Waals surface area contributed by atoms with Crippen molar-refractivity contribution in [3.05, 3.63) is 28.3 Å². The number of hydrogen-bond acceptors (Lipinski definition) is 1. The van der Waals surface area contributed by atoms with E-state index in [4.69, 9.17) is 0 Å². The second-order valence-electron chi connectivity index (χ2n) is 4.42. The summed E-state index contributed by atoms with van der Waals surface area (Å²) in [7, 11) is 0. The van der Waals surface area contributed by atoms with E-state index in [9.17, 15) is 0 Å². The SMILES string of the molecule is Cc1cc(NC(C)C)c(C)c(C)c1C. The van der Waals surface area contributed by atoms with Gasteiger partial charge in [0.1, 0.15) is 0 Å². The normalized spacial score (nSPS) is 10.8. The molecule has 1 aromatic carbocycles. The van der Waals surface area contributed by atoms with Gasteiger partial charge in [-0.2, -0.15) is 0 Å². The van der Waals surface area contributed by atoms with Crippen LogP contribution in [0.4, 0.5) is 5.69 Å². The lowest BCUT2D eigenvalue weighted by Crippen LogP contribution is -2.11.